The summed E-state index contributed by atoms with van der Waals surface area (Å²) in [7, 11) is 0. The third-order valence-electron chi connectivity index (χ3n) is 2.54. The lowest BCUT2D eigenvalue weighted by atomic mass is 10.1. The first kappa shape index (κ1) is 10.1. The average molecular weight is 204 g/mol. The van der Waals surface area contributed by atoms with E-state index < -0.39 is 0 Å². The Hall–Kier alpha value is -1.42. The minimum Gasteiger partial charge on any atom is -0.351 e. The molecule has 0 spiro atoms. The van der Waals surface area contributed by atoms with Crippen molar-refractivity contribution in [1.82, 2.24) is 9.97 Å². The summed E-state index contributed by atoms with van der Waals surface area (Å²) in [6.07, 6.45) is 6.88. The molecular weight excluding hydrogens is 188 g/mol. The highest BCUT2D eigenvalue weighted by Gasteiger charge is 2.12. The molecule has 0 unspecified atom stereocenters. The van der Waals surface area contributed by atoms with Crippen LogP contribution >= 0.6 is 0 Å². The SMILES string of the molecule is CC1=CCCN(c2cncc(CN)n2)C1. The van der Waals surface area contributed by atoms with E-state index in [4.69, 9.17) is 5.73 Å². The fourth-order valence-corrected chi connectivity index (χ4v) is 1.75. The lowest BCUT2D eigenvalue weighted by molar-refractivity contribution is 0.768. The Bertz CT molecular complexity index is 373. The van der Waals surface area contributed by atoms with Crippen LogP contribution in [0.1, 0.15) is 19.0 Å². The molecular formula is C11H16N4. The zero-order valence-electron chi connectivity index (χ0n) is 8.98. The Kier molecular flexibility index (Phi) is 2.97. The largest absolute Gasteiger partial charge is 0.351 e. The Labute approximate surface area is 89.8 Å². The van der Waals surface area contributed by atoms with Gasteiger partial charge in [0.05, 0.1) is 11.9 Å². The lowest BCUT2D eigenvalue weighted by Crippen LogP contribution is -2.30. The van der Waals surface area contributed by atoms with Crippen LogP contribution in [0, 0.1) is 0 Å². The number of hydrogen-bond donors (Lipinski definition) is 1. The molecule has 0 aromatic carbocycles. The summed E-state index contributed by atoms with van der Waals surface area (Å²) in [6, 6.07) is 0. The molecule has 0 fully saturated rings. The third kappa shape index (κ3) is 2.33. The van der Waals surface area contributed by atoms with Crippen molar-refractivity contribution < 1.29 is 0 Å². The minimum absolute atomic E-state index is 0.448. The van der Waals surface area contributed by atoms with Gasteiger partial charge in [-0.3, -0.25) is 4.98 Å². The maximum Gasteiger partial charge on any atom is 0.147 e. The van der Waals surface area contributed by atoms with E-state index in [9.17, 15) is 0 Å². The first-order valence-corrected chi connectivity index (χ1v) is 5.21. The van der Waals surface area contributed by atoms with Crippen molar-refractivity contribution in [3.8, 4) is 0 Å². The van der Waals surface area contributed by atoms with Crippen LogP contribution in [0.15, 0.2) is 24.0 Å². The topological polar surface area (TPSA) is 55.0 Å². The van der Waals surface area contributed by atoms with Gasteiger partial charge in [0.2, 0.25) is 0 Å². The van der Waals surface area contributed by atoms with Crippen LogP contribution in [-0.2, 0) is 6.54 Å². The van der Waals surface area contributed by atoms with E-state index in [1.54, 1.807) is 12.4 Å². The quantitative estimate of drug-likeness (QED) is 0.733. The van der Waals surface area contributed by atoms with E-state index in [-0.39, 0.29) is 0 Å². The van der Waals surface area contributed by atoms with E-state index >= 15 is 0 Å². The molecule has 1 aromatic rings. The first-order chi connectivity index (χ1) is 7.29. The van der Waals surface area contributed by atoms with Gasteiger partial charge in [0.25, 0.3) is 0 Å². The second-order valence-electron chi connectivity index (χ2n) is 3.83. The van der Waals surface area contributed by atoms with Gasteiger partial charge in [0.15, 0.2) is 0 Å². The smallest absolute Gasteiger partial charge is 0.147 e. The number of aromatic nitrogens is 2. The summed E-state index contributed by atoms with van der Waals surface area (Å²) < 4.78 is 0. The molecule has 80 valence electrons. The minimum atomic E-state index is 0.448. The Morgan fingerprint density at radius 2 is 2.33 bits per heavy atom. The first-order valence-electron chi connectivity index (χ1n) is 5.21. The zero-order valence-corrected chi connectivity index (χ0v) is 8.98. The molecule has 1 aromatic heterocycles. The van der Waals surface area contributed by atoms with Crippen molar-refractivity contribution >= 4 is 5.82 Å². The van der Waals surface area contributed by atoms with Crippen LogP contribution < -0.4 is 10.6 Å². The van der Waals surface area contributed by atoms with Gasteiger partial charge in [0, 0.05) is 25.8 Å². The average Bonchev–Trinajstić information content (AvgIpc) is 2.29. The van der Waals surface area contributed by atoms with Gasteiger partial charge in [-0.15, -0.1) is 0 Å². The molecule has 2 heterocycles. The standard InChI is InChI=1S/C11H16N4/c1-9-3-2-4-15(8-9)11-7-13-6-10(5-12)14-11/h3,6-7H,2,4-5,8,12H2,1H3. The fraction of sp³-hybridized carbons (Fsp3) is 0.455. The van der Waals surface area contributed by atoms with Crippen LogP contribution in [0.3, 0.4) is 0 Å². The molecule has 0 radical (unpaired) electrons. The fourth-order valence-electron chi connectivity index (χ4n) is 1.75. The lowest BCUT2D eigenvalue weighted by Gasteiger charge is -2.27. The summed E-state index contributed by atoms with van der Waals surface area (Å²) in [6.45, 7) is 4.55. The van der Waals surface area contributed by atoms with E-state index in [0.29, 0.717) is 6.54 Å². The molecule has 4 heteroatoms. The molecule has 1 aliphatic heterocycles. The second-order valence-corrected chi connectivity index (χ2v) is 3.83. The van der Waals surface area contributed by atoms with Gasteiger partial charge in [-0.25, -0.2) is 4.98 Å². The molecule has 0 saturated heterocycles. The zero-order chi connectivity index (χ0) is 10.7. The summed E-state index contributed by atoms with van der Waals surface area (Å²) in [5.74, 6) is 0.936. The van der Waals surface area contributed by atoms with Crippen LogP contribution in [0.4, 0.5) is 5.82 Å². The Balaban J connectivity index is 2.18. The predicted octanol–water partition coefficient (Wildman–Crippen LogP) is 1.09. The van der Waals surface area contributed by atoms with Crippen molar-refractivity contribution in [2.45, 2.75) is 19.9 Å². The predicted molar refractivity (Wildman–Crippen MR) is 60.5 cm³/mol. The highest BCUT2D eigenvalue weighted by atomic mass is 15.2. The van der Waals surface area contributed by atoms with E-state index in [1.807, 2.05) is 0 Å². The normalized spacial score (nSPS) is 16.4. The highest BCUT2D eigenvalue weighted by molar-refractivity contribution is 5.39. The van der Waals surface area contributed by atoms with Gasteiger partial charge in [-0.1, -0.05) is 11.6 Å². The number of nitrogens with two attached hydrogens (primary N) is 1. The summed E-state index contributed by atoms with van der Waals surface area (Å²) in [5, 5.41) is 0. The summed E-state index contributed by atoms with van der Waals surface area (Å²) >= 11 is 0. The number of anilines is 1. The van der Waals surface area contributed by atoms with E-state index in [0.717, 1.165) is 31.0 Å². The molecule has 15 heavy (non-hydrogen) atoms. The van der Waals surface area contributed by atoms with Crippen molar-refractivity contribution in [3.63, 3.8) is 0 Å². The van der Waals surface area contributed by atoms with E-state index in [1.165, 1.54) is 5.57 Å². The Morgan fingerprint density at radius 1 is 1.47 bits per heavy atom. The van der Waals surface area contributed by atoms with Gasteiger partial charge in [0.1, 0.15) is 5.82 Å². The Morgan fingerprint density at radius 3 is 3.07 bits per heavy atom. The monoisotopic (exact) mass is 204 g/mol. The highest BCUT2D eigenvalue weighted by Crippen LogP contribution is 2.16. The van der Waals surface area contributed by atoms with Gasteiger partial charge in [-0.05, 0) is 13.3 Å². The van der Waals surface area contributed by atoms with Crippen LogP contribution in [-0.4, -0.2) is 23.1 Å². The van der Waals surface area contributed by atoms with Crippen molar-refractivity contribution in [1.29, 1.82) is 0 Å². The maximum atomic E-state index is 5.54. The van der Waals surface area contributed by atoms with E-state index in [2.05, 4.69) is 27.9 Å². The molecule has 0 amide bonds. The number of hydrogen-bond acceptors (Lipinski definition) is 4. The van der Waals surface area contributed by atoms with Crippen LogP contribution in [0.2, 0.25) is 0 Å². The third-order valence-corrected chi connectivity index (χ3v) is 2.54. The van der Waals surface area contributed by atoms with Gasteiger partial charge in [-0.2, -0.15) is 0 Å². The van der Waals surface area contributed by atoms with Crippen molar-refractivity contribution in [2.24, 2.45) is 5.73 Å². The van der Waals surface area contributed by atoms with Crippen LogP contribution in [0.5, 0.6) is 0 Å². The molecule has 0 bridgehead atoms. The maximum absolute atomic E-state index is 5.54. The molecule has 0 saturated carbocycles. The van der Waals surface area contributed by atoms with Crippen LogP contribution in [0.25, 0.3) is 0 Å². The van der Waals surface area contributed by atoms with Crippen molar-refractivity contribution in [2.75, 3.05) is 18.0 Å². The molecule has 0 atom stereocenters. The molecule has 4 nitrogen and oxygen atoms in total. The summed E-state index contributed by atoms with van der Waals surface area (Å²) in [4.78, 5) is 10.9. The van der Waals surface area contributed by atoms with Crippen molar-refractivity contribution in [3.05, 3.63) is 29.7 Å². The molecule has 2 rings (SSSR count). The van der Waals surface area contributed by atoms with Gasteiger partial charge < -0.3 is 10.6 Å². The molecule has 2 N–H and O–H groups in total. The number of nitrogens with zero attached hydrogens (tertiary/aromatic N) is 3. The number of rotatable bonds is 2. The molecule has 0 aliphatic carbocycles. The van der Waals surface area contributed by atoms with Gasteiger partial charge >= 0.3 is 0 Å². The summed E-state index contributed by atoms with van der Waals surface area (Å²) in [5.41, 5.74) is 7.78. The molecule has 1 aliphatic rings. The second kappa shape index (κ2) is 4.40.